The van der Waals surface area contributed by atoms with Crippen molar-refractivity contribution in [3.63, 3.8) is 0 Å². The van der Waals surface area contributed by atoms with Crippen LogP contribution in [0.4, 0.5) is 0 Å². The summed E-state index contributed by atoms with van der Waals surface area (Å²) in [5.41, 5.74) is 2.40. The van der Waals surface area contributed by atoms with Gasteiger partial charge in [-0.15, -0.1) is 0 Å². The van der Waals surface area contributed by atoms with Gasteiger partial charge < -0.3 is 4.52 Å². The highest BCUT2D eigenvalue weighted by Crippen LogP contribution is 2.67. The van der Waals surface area contributed by atoms with Crippen molar-refractivity contribution in [2.24, 2.45) is 46.3 Å². The Bertz CT molecular complexity index is 1240. The molecule has 3 heteroatoms. The van der Waals surface area contributed by atoms with Crippen LogP contribution in [0.25, 0.3) is 0 Å². The Balaban J connectivity index is 1.18. The number of rotatable bonds is 9. The second-order valence-electron chi connectivity index (χ2n) is 15.5. The molecule has 228 valence electrons. The Morgan fingerprint density at radius 1 is 0.833 bits per heavy atom. The lowest BCUT2D eigenvalue weighted by molar-refractivity contribution is -0.0556. The molecule has 0 amide bonds. The fraction of sp³-hybridized carbons (Fsp3) is 0.641. The summed E-state index contributed by atoms with van der Waals surface area (Å²) in [4.78, 5) is 0. The van der Waals surface area contributed by atoms with Gasteiger partial charge in [0.25, 0.3) is 7.37 Å². The van der Waals surface area contributed by atoms with Crippen molar-refractivity contribution in [1.82, 2.24) is 0 Å². The van der Waals surface area contributed by atoms with E-state index in [1.807, 2.05) is 60.7 Å². The van der Waals surface area contributed by atoms with Crippen LogP contribution in [0, 0.1) is 46.3 Å². The fourth-order valence-corrected chi connectivity index (χ4v) is 12.7. The monoisotopic (exact) mass is 586 g/mol. The standard InChI is InChI=1S/C39H55O2P/c1-28(2)13-12-14-29(3)35-21-22-36-34-20-19-30-27-31(23-25-38(30,4)37(34)24-26-39(35,36)5)41-42(40,32-15-8-6-9-16-32)33-17-10-7-11-18-33/h6-11,15-19,28-29,31,34-37H,12-14,20-27H2,1-5H3/t29-,31+,34+,35-,36+,37+,38+,39-/m1/s1. The summed E-state index contributed by atoms with van der Waals surface area (Å²) in [6.45, 7) is 12.6. The van der Waals surface area contributed by atoms with Gasteiger partial charge in [-0.3, -0.25) is 4.57 Å². The topological polar surface area (TPSA) is 26.3 Å². The molecule has 2 aromatic carbocycles. The summed E-state index contributed by atoms with van der Waals surface area (Å²) >= 11 is 0. The molecule has 8 atom stereocenters. The van der Waals surface area contributed by atoms with Crippen LogP contribution in [-0.2, 0) is 9.09 Å². The van der Waals surface area contributed by atoms with Crippen LogP contribution >= 0.6 is 7.37 Å². The van der Waals surface area contributed by atoms with Gasteiger partial charge in [0, 0.05) is 10.6 Å². The minimum absolute atomic E-state index is 0.00327. The molecule has 42 heavy (non-hydrogen) atoms. The molecule has 4 aliphatic rings. The SMILES string of the molecule is CC(C)CCC[C@@H](C)[C@H]1CC[C@H]2[C@@H]3CC=C4C[C@@H](OP(=O)(c5ccccc5)c5ccccc5)CC[C@]4(C)[C@H]3CC[C@]12C. The first-order valence-corrected chi connectivity index (χ1v) is 18.9. The molecule has 3 fully saturated rings. The van der Waals surface area contributed by atoms with E-state index in [1.54, 1.807) is 5.57 Å². The van der Waals surface area contributed by atoms with Crippen molar-refractivity contribution >= 4 is 18.0 Å². The minimum atomic E-state index is -3.17. The summed E-state index contributed by atoms with van der Waals surface area (Å²) in [6, 6.07) is 19.8. The van der Waals surface area contributed by atoms with Crippen molar-refractivity contribution in [3.8, 4) is 0 Å². The minimum Gasteiger partial charge on any atom is -0.318 e. The molecule has 0 aliphatic heterocycles. The van der Waals surface area contributed by atoms with Gasteiger partial charge in [-0.2, -0.15) is 0 Å². The van der Waals surface area contributed by atoms with E-state index < -0.39 is 7.37 Å². The van der Waals surface area contributed by atoms with E-state index in [9.17, 15) is 4.57 Å². The number of hydrogen-bond donors (Lipinski definition) is 0. The number of fused-ring (bicyclic) bond motifs is 5. The number of hydrogen-bond acceptors (Lipinski definition) is 2. The Hall–Kier alpha value is -1.63. The largest absolute Gasteiger partial charge is 0.318 e. The Morgan fingerprint density at radius 2 is 1.50 bits per heavy atom. The third-order valence-electron chi connectivity index (χ3n) is 12.7. The maximum Gasteiger partial charge on any atom is 0.261 e. The summed E-state index contributed by atoms with van der Waals surface area (Å²) in [5.74, 6) is 5.10. The smallest absolute Gasteiger partial charge is 0.261 e. The Morgan fingerprint density at radius 3 is 2.14 bits per heavy atom. The molecule has 0 spiro atoms. The van der Waals surface area contributed by atoms with Gasteiger partial charge in [-0.25, -0.2) is 0 Å². The van der Waals surface area contributed by atoms with Gasteiger partial charge >= 0.3 is 0 Å². The number of allylic oxidation sites excluding steroid dienone is 1. The lowest BCUT2D eigenvalue weighted by Crippen LogP contribution is -2.51. The van der Waals surface area contributed by atoms with E-state index in [-0.39, 0.29) is 11.5 Å². The van der Waals surface area contributed by atoms with Gasteiger partial charge in [0.2, 0.25) is 0 Å². The summed E-state index contributed by atoms with van der Waals surface area (Å²) in [5, 5.41) is 1.62. The number of benzene rings is 2. The summed E-state index contributed by atoms with van der Waals surface area (Å²) in [6.07, 6.45) is 16.9. The quantitative estimate of drug-likeness (QED) is 0.216. The van der Waals surface area contributed by atoms with Crippen molar-refractivity contribution in [2.75, 3.05) is 0 Å². The van der Waals surface area contributed by atoms with E-state index in [1.165, 1.54) is 51.4 Å². The second kappa shape index (κ2) is 12.0. The maximum absolute atomic E-state index is 14.7. The van der Waals surface area contributed by atoms with Crippen LogP contribution in [0.2, 0.25) is 0 Å². The normalized spacial score (nSPS) is 35.2. The van der Waals surface area contributed by atoms with Gasteiger partial charge in [-0.1, -0.05) is 102 Å². The van der Waals surface area contributed by atoms with Crippen LogP contribution in [0.15, 0.2) is 72.3 Å². The van der Waals surface area contributed by atoms with Gasteiger partial charge in [0.15, 0.2) is 0 Å². The van der Waals surface area contributed by atoms with Crippen LogP contribution in [-0.4, -0.2) is 6.10 Å². The molecular formula is C39H55O2P. The molecule has 0 aromatic heterocycles. The zero-order valence-electron chi connectivity index (χ0n) is 26.9. The molecule has 0 bridgehead atoms. The van der Waals surface area contributed by atoms with E-state index in [0.717, 1.165) is 65.4 Å². The first-order valence-electron chi connectivity index (χ1n) is 17.2. The van der Waals surface area contributed by atoms with Crippen molar-refractivity contribution < 1.29 is 9.09 Å². The molecule has 6 rings (SSSR count). The van der Waals surface area contributed by atoms with Crippen LogP contribution in [0.3, 0.4) is 0 Å². The molecule has 0 heterocycles. The van der Waals surface area contributed by atoms with E-state index >= 15 is 0 Å². The first kappa shape index (κ1) is 30.4. The molecule has 4 aliphatic carbocycles. The fourth-order valence-electron chi connectivity index (χ4n) is 10.5. The predicted octanol–water partition coefficient (Wildman–Crippen LogP) is 10.3. The van der Waals surface area contributed by atoms with Crippen molar-refractivity contribution in [3.05, 3.63) is 72.3 Å². The third-order valence-corrected chi connectivity index (χ3v) is 15.3. The second-order valence-corrected chi connectivity index (χ2v) is 17.8. The van der Waals surface area contributed by atoms with Crippen molar-refractivity contribution in [2.45, 2.75) is 111 Å². The van der Waals surface area contributed by atoms with Gasteiger partial charge in [0.1, 0.15) is 0 Å². The van der Waals surface area contributed by atoms with E-state index in [4.69, 9.17) is 4.52 Å². The highest BCUT2D eigenvalue weighted by molar-refractivity contribution is 7.74. The molecule has 0 saturated heterocycles. The Kier molecular flexibility index (Phi) is 8.72. The molecule has 0 unspecified atom stereocenters. The average Bonchev–Trinajstić information content (AvgIpc) is 3.35. The zero-order chi connectivity index (χ0) is 29.5. The summed E-state index contributed by atoms with van der Waals surface area (Å²) in [7, 11) is -3.17. The summed E-state index contributed by atoms with van der Waals surface area (Å²) < 4.78 is 21.4. The lowest BCUT2D eigenvalue weighted by atomic mass is 9.47. The molecule has 2 nitrogen and oxygen atoms in total. The molecule has 0 radical (unpaired) electrons. The Labute approximate surface area is 256 Å². The lowest BCUT2D eigenvalue weighted by Gasteiger charge is -2.58. The predicted molar refractivity (Wildman–Crippen MR) is 178 cm³/mol. The van der Waals surface area contributed by atoms with Crippen molar-refractivity contribution in [1.29, 1.82) is 0 Å². The first-order chi connectivity index (χ1) is 20.1. The van der Waals surface area contributed by atoms with Gasteiger partial charge in [0.05, 0.1) is 6.10 Å². The molecule has 3 saturated carbocycles. The van der Waals surface area contributed by atoms with Gasteiger partial charge in [-0.05, 0) is 122 Å². The van der Waals surface area contributed by atoms with Crippen LogP contribution in [0.1, 0.15) is 105 Å². The molecular weight excluding hydrogens is 531 g/mol. The zero-order valence-corrected chi connectivity index (χ0v) is 27.8. The highest BCUT2D eigenvalue weighted by atomic mass is 31.2. The highest BCUT2D eigenvalue weighted by Gasteiger charge is 2.59. The molecule has 2 aromatic rings. The third kappa shape index (κ3) is 5.43. The van der Waals surface area contributed by atoms with E-state index in [0.29, 0.717) is 5.41 Å². The molecule has 0 N–H and O–H groups in total. The van der Waals surface area contributed by atoms with E-state index in [2.05, 4.69) is 40.7 Å². The van der Waals surface area contributed by atoms with Crippen LogP contribution < -0.4 is 10.6 Å². The van der Waals surface area contributed by atoms with Crippen LogP contribution in [0.5, 0.6) is 0 Å². The maximum atomic E-state index is 14.7. The average molecular weight is 587 g/mol.